The lowest BCUT2D eigenvalue weighted by atomic mass is 9.87. The molecule has 0 unspecified atom stereocenters. The molecule has 1 nitrogen and oxygen atoms in total. The molecule has 1 heteroatoms. The van der Waals surface area contributed by atoms with Crippen molar-refractivity contribution in [2.75, 3.05) is 0 Å². The van der Waals surface area contributed by atoms with Gasteiger partial charge in [-0.15, -0.1) is 0 Å². The minimum absolute atomic E-state index is 0.390. The van der Waals surface area contributed by atoms with Gasteiger partial charge < -0.3 is 5.11 Å². The number of phenolic OH excluding ortho intramolecular Hbond substituents is 1. The molecule has 0 saturated carbocycles. The first-order valence-corrected chi connectivity index (χ1v) is 4.77. The Labute approximate surface area is 84.4 Å². The van der Waals surface area contributed by atoms with E-state index in [1.54, 1.807) is 0 Å². The number of allylic oxidation sites excluding steroid dienone is 3. The van der Waals surface area contributed by atoms with Crippen molar-refractivity contribution < 1.29 is 5.11 Å². The molecule has 1 N–H and O–H groups in total. The fraction of sp³-hybridized carbons (Fsp3) is 0.231. The zero-order valence-corrected chi connectivity index (χ0v) is 8.59. The summed E-state index contributed by atoms with van der Waals surface area (Å²) in [4.78, 5) is 0. The normalized spacial score (nSPS) is 15.0. The summed E-state index contributed by atoms with van der Waals surface area (Å²) in [5, 5.41) is 9.82. The Hall–Kier alpha value is -1.50. The van der Waals surface area contributed by atoms with Gasteiger partial charge in [0.2, 0.25) is 0 Å². The topological polar surface area (TPSA) is 20.2 Å². The summed E-state index contributed by atoms with van der Waals surface area (Å²) >= 11 is 0. The van der Waals surface area contributed by atoms with Crippen LogP contribution in [0.3, 0.4) is 0 Å². The number of aromatic hydroxyl groups is 1. The molecule has 2 rings (SSSR count). The van der Waals surface area contributed by atoms with Gasteiger partial charge in [-0.1, -0.05) is 24.3 Å². The van der Waals surface area contributed by atoms with Crippen LogP contribution in [0.5, 0.6) is 5.75 Å². The van der Waals surface area contributed by atoms with E-state index in [9.17, 15) is 5.11 Å². The minimum Gasteiger partial charge on any atom is -0.507 e. The molecular formula is C13H14O. The minimum atomic E-state index is 0.390. The van der Waals surface area contributed by atoms with Gasteiger partial charge in [0.15, 0.2) is 0 Å². The molecule has 0 fully saturated rings. The van der Waals surface area contributed by atoms with Gasteiger partial charge in [-0.3, -0.25) is 0 Å². The second-order valence-electron chi connectivity index (χ2n) is 3.98. The maximum atomic E-state index is 9.82. The van der Waals surface area contributed by atoms with Crippen LogP contribution in [0.25, 0.3) is 5.57 Å². The highest BCUT2D eigenvalue weighted by Crippen LogP contribution is 2.35. The van der Waals surface area contributed by atoms with E-state index in [0.717, 1.165) is 28.7 Å². The summed E-state index contributed by atoms with van der Waals surface area (Å²) in [7, 11) is 0. The molecule has 0 atom stereocenters. The van der Waals surface area contributed by atoms with Gasteiger partial charge >= 0.3 is 0 Å². The second-order valence-corrected chi connectivity index (χ2v) is 3.98. The highest BCUT2D eigenvalue weighted by Gasteiger charge is 2.15. The van der Waals surface area contributed by atoms with Crippen LogP contribution in [0.15, 0.2) is 30.4 Å². The van der Waals surface area contributed by atoms with Crippen LogP contribution in [-0.2, 0) is 6.42 Å². The van der Waals surface area contributed by atoms with Gasteiger partial charge in [-0.2, -0.15) is 0 Å². The van der Waals surface area contributed by atoms with Gasteiger partial charge in [0.25, 0.3) is 0 Å². The number of hydrogen-bond acceptors (Lipinski definition) is 1. The largest absolute Gasteiger partial charge is 0.507 e. The lowest BCUT2D eigenvalue weighted by molar-refractivity contribution is 0.472. The van der Waals surface area contributed by atoms with E-state index in [-0.39, 0.29) is 0 Å². The Morgan fingerprint density at radius 2 is 2.00 bits per heavy atom. The predicted molar refractivity (Wildman–Crippen MR) is 59.3 cm³/mol. The molecule has 0 radical (unpaired) electrons. The first-order valence-electron chi connectivity index (χ1n) is 4.77. The molecular weight excluding hydrogens is 172 g/mol. The molecule has 0 heterocycles. The molecule has 1 aliphatic rings. The molecule has 1 aromatic rings. The SMILES string of the molecule is C=C1C=C(C)c2c(O)cc(C)cc2C1. The molecule has 0 bridgehead atoms. The number of rotatable bonds is 0. The average Bonchev–Trinajstić information content (AvgIpc) is 1.99. The third-order valence-electron chi connectivity index (χ3n) is 2.58. The first-order chi connectivity index (χ1) is 6.58. The van der Waals surface area contributed by atoms with E-state index in [0.29, 0.717) is 5.75 Å². The van der Waals surface area contributed by atoms with E-state index >= 15 is 0 Å². The fourth-order valence-electron chi connectivity index (χ4n) is 2.11. The van der Waals surface area contributed by atoms with Gasteiger partial charge in [-0.25, -0.2) is 0 Å². The first kappa shape index (κ1) is 9.07. The average molecular weight is 186 g/mol. The van der Waals surface area contributed by atoms with Gasteiger partial charge in [-0.05, 0) is 43.0 Å². The quantitative estimate of drug-likeness (QED) is 0.659. The Morgan fingerprint density at radius 3 is 2.71 bits per heavy atom. The van der Waals surface area contributed by atoms with Crippen LogP contribution in [0, 0.1) is 6.92 Å². The Bertz CT molecular complexity index is 439. The van der Waals surface area contributed by atoms with Gasteiger partial charge in [0, 0.05) is 5.56 Å². The zero-order chi connectivity index (χ0) is 10.3. The molecule has 0 saturated heterocycles. The predicted octanol–water partition coefficient (Wildman–Crippen LogP) is 3.22. The van der Waals surface area contributed by atoms with Gasteiger partial charge in [0.05, 0.1) is 0 Å². The number of benzene rings is 1. The fourth-order valence-corrected chi connectivity index (χ4v) is 2.11. The van der Waals surface area contributed by atoms with Crippen molar-refractivity contribution in [2.45, 2.75) is 20.3 Å². The third kappa shape index (κ3) is 1.35. The highest BCUT2D eigenvalue weighted by atomic mass is 16.3. The van der Waals surface area contributed by atoms with Gasteiger partial charge in [0.1, 0.15) is 5.75 Å². The highest BCUT2D eigenvalue weighted by molar-refractivity contribution is 5.76. The zero-order valence-electron chi connectivity index (χ0n) is 8.59. The molecule has 14 heavy (non-hydrogen) atoms. The van der Waals surface area contributed by atoms with E-state index < -0.39 is 0 Å². The molecule has 0 aliphatic heterocycles. The molecule has 0 aromatic heterocycles. The van der Waals surface area contributed by atoms with E-state index in [1.165, 1.54) is 5.56 Å². The summed E-state index contributed by atoms with van der Waals surface area (Å²) in [6.45, 7) is 7.97. The molecule has 0 spiro atoms. The van der Waals surface area contributed by atoms with Crippen LogP contribution >= 0.6 is 0 Å². The Kier molecular flexibility index (Phi) is 1.95. The van der Waals surface area contributed by atoms with Crippen LogP contribution in [0.2, 0.25) is 0 Å². The molecule has 0 amide bonds. The van der Waals surface area contributed by atoms with Crippen LogP contribution in [0.1, 0.15) is 23.6 Å². The summed E-state index contributed by atoms with van der Waals surface area (Å²) in [6, 6.07) is 3.93. The summed E-state index contributed by atoms with van der Waals surface area (Å²) < 4.78 is 0. The summed E-state index contributed by atoms with van der Waals surface area (Å²) in [6.07, 6.45) is 2.89. The monoisotopic (exact) mass is 186 g/mol. The third-order valence-corrected chi connectivity index (χ3v) is 2.58. The van der Waals surface area contributed by atoms with Crippen LogP contribution in [0.4, 0.5) is 0 Å². The molecule has 1 aliphatic carbocycles. The lowest BCUT2D eigenvalue weighted by Crippen LogP contribution is -2.01. The van der Waals surface area contributed by atoms with Crippen LogP contribution in [-0.4, -0.2) is 5.11 Å². The number of aryl methyl sites for hydroxylation is 1. The Balaban J connectivity index is 2.69. The summed E-state index contributed by atoms with van der Waals surface area (Å²) in [5.74, 6) is 0.390. The van der Waals surface area contributed by atoms with E-state index in [4.69, 9.17) is 0 Å². The van der Waals surface area contributed by atoms with Crippen molar-refractivity contribution >= 4 is 5.57 Å². The standard InChI is InChI=1S/C13H14O/c1-8-4-10(3)13-11(5-8)6-9(2)7-12(13)14/h4,6-7,14H,1,5H2,2-3H3. The van der Waals surface area contributed by atoms with Crippen molar-refractivity contribution in [1.82, 2.24) is 0 Å². The number of hydrogen-bond donors (Lipinski definition) is 1. The molecule has 72 valence electrons. The number of phenols is 1. The Morgan fingerprint density at radius 1 is 1.29 bits per heavy atom. The van der Waals surface area contributed by atoms with Crippen molar-refractivity contribution in [3.63, 3.8) is 0 Å². The van der Waals surface area contributed by atoms with Crippen molar-refractivity contribution in [3.8, 4) is 5.75 Å². The number of fused-ring (bicyclic) bond motifs is 1. The smallest absolute Gasteiger partial charge is 0.123 e. The maximum Gasteiger partial charge on any atom is 0.123 e. The van der Waals surface area contributed by atoms with E-state index in [2.05, 4.69) is 12.6 Å². The van der Waals surface area contributed by atoms with Crippen molar-refractivity contribution in [3.05, 3.63) is 47.1 Å². The van der Waals surface area contributed by atoms with E-state index in [1.807, 2.05) is 26.0 Å². The lowest BCUT2D eigenvalue weighted by Gasteiger charge is -2.18. The molecule has 1 aromatic carbocycles. The van der Waals surface area contributed by atoms with Crippen molar-refractivity contribution in [2.24, 2.45) is 0 Å². The summed E-state index contributed by atoms with van der Waals surface area (Å²) in [5.41, 5.74) is 5.49. The second kappa shape index (κ2) is 3.02. The van der Waals surface area contributed by atoms with Crippen molar-refractivity contribution in [1.29, 1.82) is 0 Å². The maximum absolute atomic E-state index is 9.82. The van der Waals surface area contributed by atoms with Crippen LogP contribution < -0.4 is 0 Å².